The van der Waals surface area contributed by atoms with Gasteiger partial charge in [-0.05, 0) is 29.9 Å². The van der Waals surface area contributed by atoms with E-state index in [-0.39, 0.29) is 0 Å². The number of hydrogen-bond acceptors (Lipinski definition) is 5. The molecule has 116 valence electrons. The molecular formula is C13H18ClN3O3S. The third-order valence-corrected chi connectivity index (χ3v) is 2.94. The molecule has 0 fully saturated rings. The molecule has 0 radical (unpaired) electrons. The average molecular weight is 332 g/mol. The van der Waals surface area contributed by atoms with Crippen LogP contribution in [0.15, 0.2) is 17.2 Å². The summed E-state index contributed by atoms with van der Waals surface area (Å²) in [5.41, 5.74) is 3.45. The predicted octanol–water partition coefficient (Wildman–Crippen LogP) is 1.80. The minimum atomic E-state index is 0.412. The van der Waals surface area contributed by atoms with Crippen LogP contribution in [0.1, 0.15) is 5.56 Å². The number of benzene rings is 1. The van der Waals surface area contributed by atoms with E-state index < -0.39 is 0 Å². The molecule has 0 saturated heterocycles. The molecule has 0 bridgehead atoms. The van der Waals surface area contributed by atoms with Gasteiger partial charge in [0.25, 0.3) is 0 Å². The highest BCUT2D eigenvalue weighted by Gasteiger charge is 2.09. The normalized spacial score (nSPS) is 10.5. The molecule has 0 spiro atoms. The Morgan fingerprint density at radius 2 is 2.10 bits per heavy atom. The Kier molecular flexibility index (Phi) is 7.81. The molecule has 0 aliphatic carbocycles. The first kappa shape index (κ1) is 17.5. The van der Waals surface area contributed by atoms with Gasteiger partial charge in [0.2, 0.25) is 0 Å². The third kappa shape index (κ3) is 5.74. The summed E-state index contributed by atoms with van der Waals surface area (Å²) in [7, 11) is 4.70. The van der Waals surface area contributed by atoms with E-state index in [4.69, 9.17) is 38.0 Å². The quantitative estimate of drug-likeness (QED) is 0.344. The lowest BCUT2D eigenvalue weighted by molar-refractivity contribution is 0.204. The first-order valence-corrected chi connectivity index (χ1v) is 6.88. The Morgan fingerprint density at radius 1 is 1.33 bits per heavy atom. The zero-order valence-electron chi connectivity index (χ0n) is 12.1. The van der Waals surface area contributed by atoms with Crippen molar-refractivity contribution >= 4 is 35.1 Å². The second kappa shape index (κ2) is 9.38. The molecule has 1 rings (SSSR count). The molecule has 0 unspecified atom stereocenters. The lowest BCUT2D eigenvalue weighted by Gasteiger charge is -2.10. The molecule has 0 atom stereocenters. The standard InChI is InChI=1S/C13H18ClN3O3S/c1-18-5-4-15-13(21)17-16-8-9-6-10(14)12(20-3)11(7-9)19-2/h6-8H,4-5H2,1-3H3,(H2,15,17,21)/b16-8-. The van der Waals surface area contributed by atoms with Crippen LogP contribution in [0, 0.1) is 0 Å². The number of hydrazone groups is 1. The Hall–Kier alpha value is -1.57. The highest BCUT2D eigenvalue weighted by molar-refractivity contribution is 7.80. The average Bonchev–Trinajstić information content (AvgIpc) is 2.47. The maximum absolute atomic E-state index is 6.10. The first-order chi connectivity index (χ1) is 10.1. The number of thiocarbonyl (C=S) groups is 1. The van der Waals surface area contributed by atoms with Crippen LogP contribution in [0.3, 0.4) is 0 Å². The van der Waals surface area contributed by atoms with E-state index in [1.54, 1.807) is 32.6 Å². The van der Waals surface area contributed by atoms with Crippen molar-refractivity contribution in [1.29, 1.82) is 0 Å². The van der Waals surface area contributed by atoms with Crippen LogP contribution in [-0.4, -0.2) is 45.8 Å². The molecule has 0 saturated carbocycles. The minimum Gasteiger partial charge on any atom is -0.493 e. The van der Waals surface area contributed by atoms with Crippen LogP contribution in [0.4, 0.5) is 0 Å². The van der Waals surface area contributed by atoms with Gasteiger partial charge in [-0.1, -0.05) is 11.6 Å². The van der Waals surface area contributed by atoms with Crippen molar-refractivity contribution in [3.63, 3.8) is 0 Å². The molecule has 1 aromatic carbocycles. The minimum absolute atomic E-state index is 0.412. The summed E-state index contributed by atoms with van der Waals surface area (Å²) in [4.78, 5) is 0. The van der Waals surface area contributed by atoms with Gasteiger partial charge in [0.05, 0.1) is 32.1 Å². The van der Waals surface area contributed by atoms with Crippen LogP contribution < -0.4 is 20.2 Å². The zero-order chi connectivity index (χ0) is 15.7. The van der Waals surface area contributed by atoms with Crippen molar-refractivity contribution in [3.8, 4) is 11.5 Å². The molecule has 0 amide bonds. The summed E-state index contributed by atoms with van der Waals surface area (Å²) >= 11 is 11.1. The van der Waals surface area contributed by atoms with Gasteiger partial charge in [0, 0.05) is 13.7 Å². The fraction of sp³-hybridized carbons (Fsp3) is 0.385. The number of ether oxygens (including phenoxy) is 3. The Bertz CT molecular complexity index is 512. The van der Waals surface area contributed by atoms with Crippen LogP contribution in [0.2, 0.25) is 5.02 Å². The van der Waals surface area contributed by atoms with Gasteiger partial charge in [-0.15, -0.1) is 0 Å². The summed E-state index contributed by atoms with van der Waals surface area (Å²) in [5, 5.41) is 7.81. The number of methoxy groups -OCH3 is 3. The van der Waals surface area contributed by atoms with E-state index in [9.17, 15) is 0 Å². The fourth-order valence-electron chi connectivity index (χ4n) is 1.48. The summed E-state index contributed by atoms with van der Waals surface area (Å²) in [5.74, 6) is 1.02. The van der Waals surface area contributed by atoms with Gasteiger partial charge in [-0.25, -0.2) is 0 Å². The number of nitrogens with zero attached hydrogens (tertiary/aromatic N) is 1. The van der Waals surface area contributed by atoms with E-state index in [1.165, 1.54) is 7.11 Å². The fourth-order valence-corrected chi connectivity index (χ4v) is 1.94. The van der Waals surface area contributed by atoms with Crippen LogP contribution in [-0.2, 0) is 4.74 Å². The maximum Gasteiger partial charge on any atom is 0.187 e. The summed E-state index contributed by atoms with van der Waals surface area (Å²) in [6.07, 6.45) is 1.58. The van der Waals surface area contributed by atoms with Crippen molar-refractivity contribution in [2.24, 2.45) is 5.10 Å². The van der Waals surface area contributed by atoms with E-state index in [1.807, 2.05) is 0 Å². The van der Waals surface area contributed by atoms with Crippen molar-refractivity contribution in [2.45, 2.75) is 0 Å². The first-order valence-electron chi connectivity index (χ1n) is 6.09. The van der Waals surface area contributed by atoms with Gasteiger partial charge in [-0.3, -0.25) is 5.43 Å². The monoisotopic (exact) mass is 331 g/mol. The number of rotatable bonds is 7. The van der Waals surface area contributed by atoms with Gasteiger partial charge >= 0.3 is 0 Å². The van der Waals surface area contributed by atoms with Crippen molar-refractivity contribution in [3.05, 3.63) is 22.7 Å². The SMILES string of the molecule is COCCNC(=S)N/N=C\c1cc(Cl)c(OC)c(OC)c1. The molecule has 0 aliphatic rings. The molecular weight excluding hydrogens is 314 g/mol. The number of hydrogen-bond donors (Lipinski definition) is 2. The molecule has 6 nitrogen and oxygen atoms in total. The summed E-state index contributed by atoms with van der Waals surface area (Å²) < 4.78 is 15.3. The Labute approximate surface area is 134 Å². The number of halogens is 1. The highest BCUT2D eigenvalue weighted by atomic mass is 35.5. The Morgan fingerprint density at radius 3 is 2.71 bits per heavy atom. The molecule has 21 heavy (non-hydrogen) atoms. The van der Waals surface area contributed by atoms with Gasteiger partial charge in [0.15, 0.2) is 16.6 Å². The highest BCUT2D eigenvalue weighted by Crippen LogP contribution is 2.35. The van der Waals surface area contributed by atoms with Crippen molar-refractivity contribution in [1.82, 2.24) is 10.7 Å². The third-order valence-electron chi connectivity index (χ3n) is 2.43. The molecule has 0 aromatic heterocycles. The van der Waals surface area contributed by atoms with Gasteiger partial charge in [-0.2, -0.15) is 5.10 Å². The lowest BCUT2D eigenvalue weighted by Crippen LogP contribution is -2.34. The second-order valence-corrected chi connectivity index (χ2v) is 4.67. The van der Waals surface area contributed by atoms with Gasteiger partial charge < -0.3 is 19.5 Å². The Balaban J connectivity index is 2.64. The summed E-state index contributed by atoms with van der Waals surface area (Å²) in [6, 6.07) is 3.48. The van der Waals surface area contributed by atoms with E-state index >= 15 is 0 Å². The second-order valence-electron chi connectivity index (χ2n) is 3.86. The predicted molar refractivity (Wildman–Crippen MR) is 87.8 cm³/mol. The zero-order valence-corrected chi connectivity index (χ0v) is 13.7. The van der Waals surface area contributed by atoms with Crippen LogP contribution in [0.25, 0.3) is 0 Å². The molecule has 0 heterocycles. The maximum atomic E-state index is 6.10. The van der Waals surface area contributed by atoms with E-state index in [0.29, 0.717) is 34.8 Å². The number of nitrogens with one attached hydrogen (secondary N) is 2. The van der Waals surface area contributed by atoms with Crippen LogP contribution >= 0.6 is 23.8 Å². The van der Waals surface area contributed by atoms with Crippen LogP contribution in [0.5, 0.6) is 11.5 Å². The lowest BCUT2D eigenvalue weighted by atomic mass is 10.2. The topological polar surface area (TPSA) is 64.1 Å². The molecule has 0 aliphatic heterocycles. The molecule has 2 N–H and O–H groups in total. The largest absolute Gasteiger partial charge is 0.493 e. The smallest absolute Gasteiger partial charge is 0.187 e. The molecule has 1 aromatic rings. The van der Waals surface area contributed by atoms with Crippen molar-refractivity contribution in [2.75, 3.05) is 34.5 Å². The molecule has 8 heteroatoms. The van der Waals surface area contributed by atoms with Crippen molar-refractivity contribution < 1.29 is 14.2 Å². The van der Waals surface area contributed by atoms with Gasteiger partial charge in [0.1, 0.15) is 0 Å². The van der Waals surface area contributed by atoms with E-state index in [0.717, 1.165) is 5.56 Å². The van der Waals surface area contributed by atoms with E-state index in [2.05, 4.69) is 15.8 Å². The summed E-state index contributed by atoms with van der Waals surface area (Å²) in [6.45, 7) is 1.18.